The first-order chi connectivity index (χ1) is 9.79. The number of nitrogen functional groups attached to an aromatic ring is 1. The van der Waals surface area contributed by atoms with Gasteiger partial charge in [-0.25, -0.2) is 26.3 Å². The zero-order valence-electron chi connectivity index (χ0n) is 10.6. The number of rotatable bonds is 4. The molecule has 0 amide bonds. The Labute approximate surface area is 119 Å². The van der Waals surface area contributed by atoms with Crippen molar-refractivity contribution in [2.24, 2.45) is 0 Å². The van der Waals surface area contributed by atoms with Gasteiger partial charge in [0.25, 0.3) is 0 Å². The summed E-state index contributed by atoms with van der Waals surface area (Å²) in [7, 11) is -4.03. The Morgan fingerprint density at radius 3 is 2.33 bits per heavy atom. The van der Waals surface area contributed by atoms with Crippen LogP contribution < -0.4 is 10.5 Å². The highest BCUT2D eigenvalue weighted by Gasteiger charge is 2.16. The van der Waals surface area contributed by atoms with Crippen LogP contribution >= 0.6 is 0 Å². The van der Waals surface area contributed by atoms with Gasteiger partial charge in [0, 0.05) is 18.2 Å². The highest BCUT2D eigenvalue weighted by molar-refractivity contribution is 7.89. The third-order valence-electron chi connectivity index (χ3n) is 2.75. The van der Waals surface area contributed by atoms with Crippen LogP contribution in [0.3, 0.4) is 0 Å². The van der Waals surface area contributed by atoms with Crippen LogP contribution in [-0.4, -0.2) is 8.42 Å². The number of nitrogens with one attached hydrogen (secondary N) is 1. The normalized spacial score (nSPS) is 11.6. The average molecular weight is 316 g/mol. The van der Waals surface area contributed by atoms with Crippen molar-refractivity contribution >= 4 is 15.7 Å². The van der Waals surface area contributed by atoms with Gasteiger partial charge in [-0.1, -0.05) is 6.07 Å². The van der Waals surface area contributed by atoms with E-state index in [9.17, 15) is 21.6 Å². The number of benzene rings is 2. The van der Waals surface area contributed by atoms with Crippen LogP contribution in [0.1, 0.15) is 5.56 Å². The molecule has 0 saturated heterocycles. The van der Waals surface area contributed by atoms with Crippen molar-refractivity contribution in [3.8, 4) is 0 Å². The van der Waals surface area contributed by atoms with E-state index in [0.29, 0.717) is 6.07 Å². The minimum atomic E-state index is -4.03. The molecule has 0 saturated carbocycles. The van der Waals surface area contributed by atoms with Gasteiger partial charge in [0.2, 0.25) is 10.0 Å². The highest BCUT2D eigenvalue weighted by atomic mass is 32.2. The van der Waals surface area contributed by atoms with E-state index in [1.54, 1.807) is 0 Å². The van der Waals surface area contributed by atoms with Crippen LogP contribution in [0.25, 0.3) is 0 Å². The molecule has 0 aliphatic carbocycles. The van der Waals surface area contributed by atoms with Gasteiger partial charge in [0.15, 0.2) is 0 Å². The molecule has 0 bridgehead atoms. The maximum absolute atomic E-state index is 13.4. The van der Waals surface area contributed by atoms with Gasteiger partial charge in [-0.15, -0.1) is 0 Å². The van der Waals surface area contributed by atoms with Gasteiger partial charge < -0.3 is 5.73 Å². The zero-order chi connectivity index (χ0) is 15.6. The Bertz CT molecular complexity index is 779. The Morgan fingerprint density at radius 1 is 1.00 bits per heavy atom. The third kappa shape index (κ3) is 3.53. The first-order valence-electron chi connectivity index (χ1n) is 5.78. The van der Waals surface area contributed by atoms with E-state index in [4.69, 9.17) is 5.73 Å². The predicted molar refractivity (Wildman–Crippen MR) is 71.2 cm³/mol. The van der Waals surface area contributed by atoms with Crippen LogP contribution in [0.2, 0.25) is 0 Å². The lowest BCUT2D eigenvalue weighted by Gasteiger charge is -2.08. The summed E-state index contributed by atoms with van der Waals surface area (Å²) in [5.74, 6) is -2.51. The summed E-state index contributed by atoms with van der Waals surface area (Å²) in [6, 6.07) is 5.78. The molecule has 2 aromatic carbocycles. The van der Waals surface area contributed by atoms with Crippen molar-refractivity contribution in [2.45, 2.75) is 11.4 Å². The number of nitrogens with two attached hydrogens (primary N) is 1. The summed E-state index contributed by atoms with van der Waals surface area (Å²) >= 11 is 0. The molecule has 0 aliphatic heterocycles. The SMILES string of the molecule is Nc1ccc(S(=O)(=O)NCc2ccc(F)cc2F)cc1F. The topological polar surface area (TPSA) is 72.2 Å². The van der Waals surface area contributed by atoms with Crippen molar-refractivity contribution in [3.63, 3.8) is 0 Å². The van der Waals surface area contributed by atoms with Crippen molar-refractivity contribution in [2.75, 3.05) is 5.73 Å². The summed E-state index contributed by atoms with van der Waals surface area (Å²) in [5, 5.41) is 0. The minimum absolute atomic E-state index is 0.0316. The number of hydrogen-bond donors (Lipinski definition) is 2. The van der Waals surface area contributed by atoms with Crippen molar-refractivity contribution in [1.82, 2.24) is 4.72 Å². The summed E-state index contributed by atoms with van der Waals surface area (Å²) in [6.45, 7) is -0.388. The summed E-state index contributed by atoms with van der Waals surface area (Å²) < 4.78 is 65.4. The second-order valence-corrected chi connectivity index (χ2v) is 6.01. The molecule has 0 fully saturated rings. The van der Waals surface area contributed by atoms with Gasteiger partial charge in [0.1, 0.15) is 17.5 Å². The first kappa shape index (κ1) is 15.3. The number of hydrogen-bond acceptors (Lipinski definition) is 3. The standard InChI is InChI=1S/C13H11F3N2O2S/c14-9-2-1-8(11(15)5-9)7-18-21(19,20)10-3-4-13(17)12(16)6-10/h1-6,18H,7,17H2. The molecule has 3 N–H and O–H groups in total. The largest absolute Gasteiger partial charge is 0.396 e. The molecule has 0 atom stereocenters. The maximum Gasteiger partial charge on any atom is 0.240 e. The Hall–Kier alpha value is -2.06. The lowest BCUT2D eigenvalue weighted by Crippen LogP contribution is -2.24. The molecule has 0 aliphatic rings. The lowest BCUT2D eigenvalue weighted by atomic mass is 10.2. The fraction of sp³-hybridized carbons (Fsp3) is 0.0769. The second-order valence-electron chi connectivity index (χ2n) is 4.24. The monoisotopic (exact) mass is 316 g/mol. The second kappa shape index (κ2) is 5.74. The molecule has 0 unspecified atom stereocenters. The summed E-state index contributed by atoms with van der Waals surface area (Å²) in [4.78, 5) is -0.336. The minimum Gasteiger partial charge on any atom is -0.396 e. The number of anilines is 1. The van der Waals surface area contributed by atoms with E-state index >= 15 is 0 Å². The van der Waals surface area contributed by atoms with E-state index in [1.165, 1.54) is 0 Å². The molecule has 0 aromatic heterocycles. The van der Waals surface area contributed by atoms with Crippen molar-refractivity contribution < 1.29 is 21.6 Å². The van der Waals surface area contributed by atoms with Gasteiger partial charge in [-0.3, -0.25) is 0 Å². The van der Waals surface area contributed by atoms with Gasteiger partial charge in [-0.05, 0) is 24.3 Å². The Balaban J connectivity index is 2.19. The lowest BCUT2D eigenvalue weighted by molar-refractivity contribution is 0.561. The van der Waals surface area contributed by atoms with Crippen LogP contribution in [0.15, 0.2) is 41.3 Å². The predicted octanol–water partition coefficient (Wildman–Crippen LogP) is 2.16. The van der Waals surface area contributed by atoms with E-state index in [1.807, 2.05) is 0 Å². The number of halogens is 3. The zero-order valence-corrected chi connectivity index (χ0v) is 11.4. The molecule has 21 heavy (non-hydrogen) atoms. The van der Waals surface area contributed by atoms with Crippen LogP contribution in [-0.2, 0) is 16.6 Å². The highest BCUT2D eigenvalue weighted by Crippen LogP contribution is 2.17. The van der Waals surface area contributed by atoms with Gasteiger partial charge >= 0.3 is 0 Å². The molecule has 4 nitrogen and oxygen atoms in total. The first-order valence-corrected chi connectivity index (χ1v) is 7.26. The quantitative estimate of drug-likeness (QED) is 0.849. The maximum atomic E-state index is 13.4. The summed E-state index contributed by atoms with van der Waals surface area (Å²) in [6.07, 6.45) is 0. The van der Waals surface area contributed by atoms with Gasteiger partial charge in [0.05, 0.1) is 10.6 Å². The third-order valence-corrected chi connectivity index (χ3v) is 4.15. The molecule has 0 radical (unpaired) electrons. The molecule has 0 spiro atoms. The van der Waals surface area contributed by atoms with Crippen LogP contribution in [0.5, 0.6) is 0 Å². The van der Waals surface area contributed by atoms with Crippen LogP contribution in [0.4, 0.5) is 18.9 Å². The molecular weight excluding hydrogens is 305 g/mol. The smallest absolute Gasteiger partial charge is 0.240 e. The summed E-state index contributed by atoms with van der Waals surface area (Å²) in [5.41, 5.74) is 5.04. The van der Waals surface area contributed by atoms with Crippen LogP contribution in [0, 0.1) is 17.5 Å². The molecule has 8 heteroatoms. The Kier molecular flexibility index (Phi) is 4.19. The fourth-order valence-corrected chi connectivity index (χ4v) is 2.61. The number of sulfonamides is 1. The fourth-order valence-electron chi connectivity index (χ4n) is 1.60. The molecule has 112 valence electrons. The molecule has 0 heterocycles. The van der Waals surface area contributed by atoms with E-state index in [-0.39, 0.29) is 22.7 Å². The van der Waals surface area contributed by atoms with E-state index in [2.05, 4.69) is 4.72 Å². The average Bonchev–Trinajstić information content (AvgIpc) is 2.40. The molecule has 2 rings (SSSR count). The van der Waals surface area contributed by atoms with E-state index < -0.39 is 27.5 Å². The molecular formula is C13H11F3N2O2S. The van der Waals surface area contributed by atoms with Gasteiger partial charge in [-0.2, -0.15) is 0 Å². The Morgan fingerprint density at radius 2 is 1.71 bits per heavy atom. The van der Waals surface area contributed by atoms with Crippen molar-refractivity contribution in [1.29, 1.82) is 0 Å². The van der Waals surface area contributed by atoms with E-state index in [0.717, 1.165) is 30.3 Å². The van der Waals surface area contributed by atoms with Crippen molar-refractivity contribution in [3.05, 3.63) is 59.4 Å². The molecule has 2 aromatic rings.